The van der Waals surface area contributed by atoms with E-state index in [1.165, 1.54) is 6.07 Å². The molecule has 0 amide bonds. The maximum atomic E-state index is 13.2. The van der Waals surface area contributed by atoms with E-state index in [0.717, 1.165) is 11.8 Å². The minimum absolute atomic E-state index is 0.363. The third-order valence-electron chi connectivity index (χ3n) is 2.47. The van der Waals surface area contributed by atoms with Crippen molar-refractivity contribution < 1.29 is 13.9 Å². The number of aliphatic hydroxyl groups is 1. The van der Waals surface area contributed by atoms with Crippen LogP contribution in [-0.4, -0.2) is 5.11 Å². The first-order valence-electron chi connectivity index (χ1n) is 5.18. The lowest BCUT2D eigenvalue weighted by Crippen LogP contribution is -1.93. The van der Waals surface area contributed by atoms with Crippen LogP contribution in [0.3, 0.4) is 0 Å². The summed E-state index contributed by atoms with van der Waals surface area (Å²) < 4.78 is 19.0. The molecular formula is C12H12BrFO2. The number of hydrogen-bond donors (Lipinski definition) is 1. The maximum Gasteiger partial charge on any atom is 0.141 e. The Hall–Kier alpha value is -0.870. The molecule has 0 spiro atoms. The van der Waals surface area contributed by atoms with Crippen molar-refractivity contribution in [3.8, 4) is 0 Å². The lowest BCUT2D eigenvalue weighted by atomic mass is 10.1. The first-order valence-corrected chi connectivity index (χ1v) is 5.97. The zero-order valence-electron chi connectivity index (χ0n) is 8.84. The zero-order valence-corrected chi connectivity index (χ0v) is 10.4. The summed E-state index contributed by atoms with van der Waals surface area (Å²) in [5.41, 5.74) is 0.464. The van der Waals surface area contributed by atoms with E-state index in [0.29, 0.717) is 22.2 Å². The minimum Gasteiger partial charge on any atom is -0.458 e. The molecule has 0 saturated carbocycles. The summed E-state index contributed by atoms with van der Waals surface area (Å²) in [4.78, 5) is 0. The lowest BCUT2D eigenvalue weighted by Gasteiger charge is -2.03. The molecule has 2 nitrogen and oxygen atoms in total. The lowest BCUT2D eigenvalue weighted by molar-refractivity contribution is 0.141. The fraction of sp³-hybridized carbons (Fsp3) is 0.333. The molecule has 0 bridgehead atoms. The second-order valence-corrected chi connectivity index (χ2v) is 4.61. The number of furan rings is 1. The third-order valence-corrected chi connectivity index (χ3v) is 3.08. The van der Waals surface area contributed by atoms with E-state index in [1.54, 1.807) is 12.1 Å². The highest BCUT2D eigenvalue weighted by molar-refractivity contribution is 9.10. The van der Waals surface area contributed by atoms with Gasteiger partial charge in [-0.15, -0.1) is 0 Å². The first-order chi connectivity index (χ1) is 7.61. The van der Waals surface area contributed by atoms with Crippen LogP contribution >= 0.6 is 15.9 Å². The van der Waals surface area contributed by atoms with Gasteiger partial charge in [-0.25, -0.2) is 4.39 Å². The van der Waals surface area contributed by atoms with Crippen LogP contribution in [0.25, 0.3) is 11.0 Å². The molecule has 0 saturated heterocycles. The summed E-state index contributed by atoms with van der Waals surface area (Å²) >= 11 is 3.11. The molecule has 1 unspecified atom stereocenters. The molecule has 1 heterocycles. The molecule has 1 N–H and O–H groups in total. The van der Waals surface area contributed by atoms with Gasteiger partial charge in [0, 0.05) is 11.5 Å². The molecular weight excluding hydrogens is 275 g/mol. The smallest absolute Gasteiger partial charge is 0.141 e. The summed E-state index contributed by atoms with van der Waals surface area (Å²) in [6.07, 6.45) is 0.902. The number of hydrogen-bond acceptors (Lipinski definition) is 2. The van der Waals surface area contributed by atoms with Crippen LogP contribution in [0.1, 0.15) is 31.6 Å². The molecule has 2 aromatic rings. The first kappa shape index (κ1) is 11.6. The molecule has 1 atom stereocenters. The average Bonchev–Trinajstić information content (AvgIpc) is 2.62. The van der Waals surface area contributed by atoms with Gasteiger partial charge in [-0.2, -0.15) is 0 Å². The van der Waals surface area contributed by atoms with Crippen LogP contribution in [0.4, 0.5) is 4.39 Å². The summed E-state index contributed by atoms with van der Waals surface area (Å²) in [6, 6.07) is 4.72. The Labute approximate surface area is 101 Å². The molecule has 0 aliphatic heterocycles. The van der Waals surface area contributed by atoms with Crippen molar-refractivity contribution in [1.82, 2.24) is 0 Å². The van der Waals surface area contributed by atoms with E-state index in [-0.39, 0.29) is 5.82 Å². The van der Waals surface area contributed by atoms with Crippen molar-refractivity contribution >= 4 is 26.9 Å². The van der Waals surface area contributed by atoms with E-state index in [1.807, 2.05) is 6.92 Å². The van der Waals surface area contributed by atoms with Crippen molar-refractivity contribution in [1.29, 1.82) is 0 Å². The van der Waals surface area contributed by atoms with Crippen molar-refractivity contribution in [3.05, 3.63) is 34.2 Å². The van der Waals surface area contributed by atoms with Crippen molar-refractivity contribution in [2.45, 2.75) is 25.9 Å². The Morgan fingerprint density at radius 2 is 2.19 bits per heavy atom. The predicted octanol–water partition coefficient (Wildman–Crippen LogP) is 4.17. The Balaban J connectivity index is 2.43. The van der Waals surface area contributed by atoms with Crippen molar-refractivity contribution in [2.24, 2.45) is 0 Å². The zero-order chi connectivity index (χ0) is 11.7. The summed E-state index contributed by atoms with van der Waals surface area (Å²) in [5, 5.41) is 10.6. The largest absolute Gasteiger partial charge is 0.458 e. The van der Waals surface area contributed by atoms with Gasteiger partial charge >= 0.3 is 0 Å². The topological polar surface area (TPSA) is 33.4 Å². The van der Waals surface area contributed by atoms with Crippen molar-refractivity contribution in [2.75, 3.05) is 0 Å². The SMILES string of the molecule is CCCC(O)c1cc2cc(Br)c(F)cc2o1. The van der Waals surface area contributed by atoms with Gasteiger partial charge in [0.05, 0.1) is 4.47 Å². The summed E-state index contributed by atoms with van der Waals surface area (Å²) in [6.45, 7) is 1.99. The normalized spacial score (nSPS) is 13.2. The summed E-state index contributed by atoms with van der Waals surface area (Å²) in [7, 11) is 0. The number of rotatable bonds is 3. The minimum atomic E-state index is -0.612. The Morgan fingerprint density at radius 1 is 1.44 bits per heavy atom. The maximum absolute atomic E-state index is 13.2. The van der Waals surface area contributed by atoms with Crippen LogP contribution in [0.2, 0.25) is 0 Å². The Bertz CT molecular complexity index is 468. The van der Waals surface area contributed by atoms with E-state index in [2.05, 4.69) is 15.9 Å². The molecule has 0 fully saturated rings. The van der Waals surface area contributed by atoms with Crippen LogP contribution in [0.5, 0.6) is 0 Å². The fourth-order valence-corrected chi connectivity index (χ4v) is 2.00. The molecule has 16 heavy (non-hydrogen) atoms. The number of aliphatic hydroxyl groups excluding tert-OH is 1. The second kappa shape index (κ2) is 4.55. The fourth-order valence-electron chi connectivity index (χ4n) is 1.63. The molecule has 2 rings (SSSR count). The quantitative estimate of drug-likeness (QED) is 0.919. The van der Waals surface area contributed by atoms with E-state index < -0.39 is 6.10 Å². The van der Waals surface area contributed by atoms with Gasteiger partial charge < -0.3 is 9.52 Å². The second-order valence-electron chi connectivity index (χ2n) is 3.76. The highest BCUT2D eigenvalue weighted by atomic mass is 79.9. The highest BCUT2D eigenvalue weighted by Gasteiger charge is 2.13. The van der Waals surface area contributed by atoms with Gasteiger partial charge in [0.15, 0.2) is 0 Å². The van der Waals surface area contributed by atoms with E-state index >= 15 is 0 Å². The molecule has 1 aromatic carbocycles. The third kappa shape index (κ3) is 2.13. The Kier molecular flexibility index (Phi) is 3.30. The molecule has 0 aliphatic carbocycles. The van der Waals surface area contributed by atoms with E-state index in [4.69, 9.17) is 4.42 Å². The van der Waals surface area contributed by atoms with Gasteiger partial charge in [0.1, 0.15) is 23.3 Å². The Morgan fingerprint density at radius 3 is 2.88 bits per heavy atom. The van der Waals surface area contributed by atoms with Gasteiger partial charge in [0.2, 0.25) is 0 Å². The molecule has 0 radical (unpaired) electrons. The molecule has 1 aromatic heterocycles. The van der Waals surface area contributed by atoms with Gasteiger partial charge in [-0.05, 0) is 34.5 Å². The van der Waals surface area contributed by atoms with E-state index in [9.17, 15) is 9.50 Å². The average molecular weight is 287 g/mol. The number of benzene rings is 1. The molecule has 86 valence electrons. The van der Waals surface area contributed by atoms with Crippen LogP contribution in [0.15, 0.2) is 27.1 Å². The van der Waals surface area contributed by atoms with Crippen molar-refractivity contribution in [3.63, 3.8) is 0 Å². The summed E-state index contributed by atoms with van der Waals surface area (Å²) in [5.74, 6) is 0.132. The van der Waals surface area contributed by atoms with Crippen LogP contribution in [-0.2, 0) is 0 Å². The van der Waals surface area contributed by atoms with Crippen LogP contribution in [0, 0.1) is 5.82 Å². The van der Waals surface area contributed by atoms with Gasteiger partial charge in [-0.3, -0.25) is 0 Å². The van der Waals surface area contributed by atoms with Gasteiger partial charge in [0.25, 0.3) is 0 Å². The standard InChI is InChI=1S/C12H12BrFO2/c1-2-3-10(15)12-5-7-4-8(13)9(14)6-11(7)16-12/h4-6,10,15H,2-3H2,1H3. The predicted molar refractivity (Wildman–Crippen MR) is 63.7 cm³/mol. The number of halogens is 2. The van der Waals surface area contributed by atoms with Gasteiger partial charge in [-0.1, -0.05) is 13.3 Å². The number of fused-ring (bicyclic) bond motifs is 1. The van der Waals surface area contributed by atoms with Crippen LogP contribution < -0.4 is 0 Å². The monoisotopic (exact) mass is 286 g/mol. The molecule has 4 heteroatoms. The molecule has 0 aliphatic rings. The highest BCUT2D eigenvalue weighted by Crippen LogP contribution is 2.29.